The monoisotopic (exact) mass is 648 g/mol. The summed E-state index contributed by atoms with van der Waals surface area (Å²) in [4.78, 5) is 29.2. The number of halogens is 2. The highest BCUT2D eigenvalue weighted by Gasteiger charge is 2.66. The minimum Gasteiger partial charge on any atom is -0.481 e. The van der Waals surface area contributed by atoms with Crippen molar-refractivity contribution in [1.82, 2.24) is 10.2 Å². The van der Waals surface area contributed by atoms with Gasteiger partial charge in [0.05, 0.1) is 10.8 Å². The maximum atomic E-state index is 13.6. The summed E-state index contributed by atoms with van der Waals surface area (Å²) in [6.45, 7) is 4.34. The Kier molecular flexibility index (Phi) is 10.4. The number of nitrogens with zero attached hydrogens (tertiary/aromatic N) is 1. The number of rotatable bonds is 12. The Morgan fingerprint density at radius 2 is 1.36 bits per heavy atom. The van der Waals surface area contributed by atoms with Gasteiger partial charge in [-0.05, 0) is 88.3 Å². The summed E-state index contributed by atoms with van der Waals surface area (Å²) in [6.07, 6.45) is 2.55. The number of ether oxygens (including phenoxy) is 1. The summed E-state index contributed by atoms with van der Waals surface area (Å²) in [6, 6.07) is 25.9. The second-order valence-corrected chi connectivity index (χ2v) is 13.3. The maximum absolute atomic E-state index is 13.6. The molecule has 0 aliphatic carbocycles. The van der Waals surface area contributed by atoms with Crippen LogP contribution in [0.2, 0.25) is 0 Å². The predicted molar refractivity (Wildman–Crippen MR) is 177 cm³/mol. The van der Waals surface area contributed by atoms with Crippen LogP contribution in [0.3, 0.4) is 0 Å². The molecule has 3 aromatic rings. The normalized spacial score (nSPS) is 27.7. The maximum Gasteiger partial charge on any atom is 0.387 e. The molecule has 252 valence electrons. The number of carboxylic acids is 2. The second kappa shape index (κ2) is 14.1. The molecular weight excluding hydrogens is 602 g/mol. The van der Waals surface area contributed by atoms with E-state index in [1.165, 1.54) is 23.3 Å². The van der Waals surface area contributed by atoms with Gasteiger partial charge in [0.25, 0.3) is 0 Å². The van der Waals surface area contributed by atoms with Crippen LogP contribution >= 0.6 is 0 Å². The molecule has 3 aromatic carbocycles. The van der Waals surface area contributed by atoms with E-state index in [1.807, 2.05) is 12.1 Å². The van der Waals surface area contributed by atoms with Crippen LogP contribution in [0, 0.1) is 10.8 Å². The van der Waals surface area contributed by atoms with Crippen LogP contribution in [0.25, 0.3) is 0 Å². The predicted octanol–water partition coefficient (Wildman–Crippen LogP) is 7.17. The van der Waals surface area contributed by atoms with Gasteiger partial charge in [-0.25, -0.2) is 0 Å². The highest BCUT2D eigenvalue weighted by Crippen LogP contribution is 2.60. The van der Waals surface area contributed by atoms with Crippen molar-refractivity contribution in [2.75, 3.05) is 19.6 Å². The van der Waals surface area contributed by atoms with Crippen LogP contribution in [0.5, 0.6) is 5.75 Å². The van der Waals surface area contributed by atoms with E-state index in [1.54, 1.807) is 32.9 Å². The fourth-order valence-corrected chi connectivity index (χ4v) is 8.87. The van der Waals surface area contributed by atoms with Crippen LogP contribution in [0.1, 0.15) is 75.5 Å². The number of benzene rings is 3. The van der Waals surface area contributed by atoms with Crippen molar-refractivity contribution in [2.24, 2.45) is 10.8 Å². The van der Waals surface area contributed by atoms with Gasteiger partial charge in [0, 0.05) is 23.4 Å². The van der Waals surface area contributed by atoms with Gasteiger partial charge < -0.3 is 25.2 Å². The first-order chi connectivity index (χ1) is 22.5. The number of aliphatic carboxylic acids is 2. The van der Waals surface area contributed by atoms with Crippen LogP contribution in [-0.2, 0) is 15.0 Å². The van der Waals surface area contributed by atoms with E-state index in [-0.39, 0.29) is 29.6 Å². The van der Waals surface area contributed by atoms with Crippen molar-refractivity contribution in [3.05, 3.63) is 102 Å². The number of nitrogens with one attached hydrogen (secondary N) is 1. The van der Waals surface area contributed by atoms with Crippen molar-refractivity contribution in [3.63, 3.8) is 0 Å². The summed E-state index contributed by atoms with van der Waals surface area (Å²) in [5, 5.41) is 25.2. The molecule has 0 saturated carbocycles. The Hall–Kier alpha value is -3.82. The lowest BCUT2D eigenvalue weighted by molar-refractivity contribution is -0.173. The van der Waals surface area contributed by atoms with Crippen LogP contribution in [0.15, 0.2) is 84.9 Å². The number of hydrogen-bond acceptors (Lipinski definition) is 5. The van der Waals surface area contributed by atoms with E-state index in [4.69, 9.17) is 4.74 Å². The molecular formula is C38H46F2N2O5. The molecule has 0 bridgehead atoms. The molecule has 0 amide bonds. The van der Waals surface area contributed by atoms with Gasteiger partial charge in [-0.15, -0.1) is 0 Å². The summed E-state index contributed by atoms with van der Waals surface area (Å²) in [7, 11) is 0. The van der Waals surface area contributed by atoms with Gasteiger partial charge in [0.15, 0.2) is 0 Å². The first kappa shape index (κ1) is 34.5. The van der Waals surface area contributed by atoms with Crippen LogP contribution < -0.4 is 10.1 Å². The largest absolute Gasteiger partial charge is 0.481 e. The SMILES string of the molecule is CCC1(C(=O)O)C(C)NC(C)C(CCCN2CCC(c3ccccc3)(c3ccccc3)CC2)(C(=O)O)[C@@H]1c1ccccc1OC(F)F. The number of likely N-dealkylation sites (tertiary alicyclic amines) is 1. The molecule has 7 nitrogen and oxygen atoms in total. The molecule has 0 aromatic heterocycles. The Bertz CT molecular complexity index is 1470. The zero-order valence-corrected chi connectivity index (χ0v) is 27.4. The lowest BCUT2D eigenvalue weighted by atomic mass is 9.49. The number of carboxylic acid groups (broad SMARTS) is 2. The molecule has 0 spiro atoms. The minimum absolute atomic E-state index is 0.0963. The minimum atomic E-state index is -3.15. The van der Waals surface area contributed by atoms with E-state index >= 15 is 0 Å². The average Bonchev–Trinajstić information content (AvgIpc) is 3.06. The van der Waals surface area contributed by atoms with Gasteiger partial charge >= 0.3 is 18.6 Å². The Morgan fingerprint density at radius 3 is 1.87 bits per heavy atom. The van der Waals surface area contributed by atoms with Gasteiger partial charge in [0.1, 0.15) is 5.75 Å². The Morgan fingerprint density at radius 1 is 0.851 bits per heavy atom. The summed E-state index contributed by atoms with van der Waals surface area (Å²) in [5.74, 6) is -3.64. The summed E-state index contributed by atoms with van der Waals surface area (Å²) in [5.41, 5.74) is -0.583. The van der Waals surface area contributed by atoms with E-state index in [2.05, 4.69) is 58.7 Å². The zero-order chi connectivity index (χ0) is 33.8. The molecule has 4 unspecified atom stereocenters. The van der Waals surface area contributed by atoms with E-state index in [9.17, 15) is 28.6 Å². The number of piperidine rings is 2. The molecule has 2 saturated heterocycles. The van der Waals surface area contributed by atoms with Crippen molar-refractivity contribution < 1.29 is 33.3 Å². The van der Waals surface area contributed by atoms with E-state index in [0.717, 1.165) is 25.9 Å². The molecule has 0 radical (unpaired) electrons. The fourth-order valence-electron chi connectivity index (χ4n) is 8.87. The van der Waals surface area contributed by atoms with Crippen molar-refractivity contribution in [2.45, 2.75) is 82.9 Å². The second-order valence-electron chi connectivity index (χ2n) is 13.3. The zero-order valence-electron chi connectivity index (χ0n) is 27.4. The molecule has 5 atom stereocenters. The number of hydrogen-bond donors (Lipinski definition) is 3. The standard InChI is InChI=1S/C38H46F2N2O5/c1-4-37(33(43)44)26(2)41-27(3)38(34(45)46,32(37)30-18-11-12-19-31(30)47-35(39)40)20-13-23-42-24-21-36(22-25-42,28-14-7-5-8-15-28)29-16-9-6-10-17-29/h5-12,14-19,26-27,32,35,41H,4,13,20-25H2,1-3H3,(H,43,44)(H,45,46)/t26?,27?,32-,37?,38?/m1/s1. The van der Waals surface area contributed by atoms with Gasteiger partial charge in [-0.3, -0.25) is 9.59 Å². The van der Waals surface area contributed by atoms with E-state index < -0.39 is 47.4 Å². The third kappa shape index (κ3) is 6.16. The van der Waals surface area contributed by atoms with Gasteiger partial charge in [-0.1, -0.05) is 85.8 Å². The lowest BCUT2D eigenvalue weighted by Gasteiger charge is -2.57. The third-order valence-corrected chi connectivity index (χ3v) is 11.3. The molecule has 2 aliphatic rings. The van der Waals surface area contributed by atoms with Gasteiger partial charge in [0.2, 0.25) is 0 Å². The third-order valence-electron chi connectivity index (χ3n) is 11.3. The quantitative estimate of drug-likeness (QED) is 0.192. The molecule has 3 N–H and O–H groups in total. The topological polar surface area (TPSA) is 99.1 Å². The molecule has 9 heteroatoms. The van der Waals surface area contributed by atoms with Crippen molar-refractivity contribution in [1.29, 1.82) is 0 Å². The van der Waals surface area contributed by atoms with Crippen LogP contribution in [0.4, 0.5) is 8.78 Å². The molecule has 2 aliphatic heterocycles. The highest BCUT2D eigenvalue weighted by atomic mass is 19.3. The molecule has 5 rings (SSSR count). The molecule has 47 heavy (non-hydrogen) atoms. The first-order valence-electron chi connectivity index (χ1n) is 16.6. The van der Waals surface area contributed by atoms with Crippen LogP contribution in [-0.4, -0.2) is 65.4 Å². The number of para-hydroxylation sites is 1. The Balaban J connectivity index is 1.45. The smallest absolute Gasteiger partial charge is 0.387 e. The Labute approximate surface area is 275 Å². The van der Waals surface area contributed by atoms with Gasteiger partial charge in [-0.2, -0.15) is 8.78 Å². The summed E-state index contributed by atoms with van der Waals surface area (Å²) < 4.78 is 32.1. The average molecular weight is 649 g/mol. The van der Waals surface area contributed by atoms with E-state index in [0.29, 0.717) is 13.0 Å². The summed E-state index contributed by atoms with van der Waals surface area (Å²) >= 11 is 0. The lowest BCUT2D eigenvalue weighted by Crippen LogP contribution is -2.69. The number of alkyl halides is 2. The van der Waals surface area contributed by atoms with Crippen molar-refractivity contribution in [3.8, 4) is 5.75 Å². The number of carbonyl (C=O) groups is 2. The molecule has 2 fully saturated rings. The van der Waals surface area contributed by atoms with Crippen molar-refractivity contribution >= 4 is 11.9 Å². The fraction of sp³-hybridized carbons (Fsp3) is 0.474. The first-order valence-corrected chi connectivity index (χ1v) is 16.6. The highest BCUT2D eigenvalue weighted by molar-refractivity contribution is 5.84. The molecule has 2 heterocycles.